The molecule has 0 fully saturated rings. The van der Waals surface area contributed by atoms with Gasteiger partial charge in [-0.25, -0.2) is 9.97 Å². The van der Waals surface area contributed by atoms with Gasteiger partial charge in [-0.1, -0.05) is 6.92 Å². The molecule has 3 heterocycles. The van der Waals surface area contributed by atoms with E-state index < -0.39 is 0 Å². The molecule has 5 nitrogen and oxygen atoms in total. The predicted molar refractivity (Wildman–Crippen MR) is 73.8 cm³/mol. The lowest BCUT2D eigenvalue weighted by Crippen LogP contribution is -2.11. The second-order valence-electron chi connectivity index (χ2n) is 4.54. The van der Waals surface area contributed by atoms with Crippen LogP contribution in [0, 0.1) is 6.92 Å². The van der Waals surface area contributed by atoms with Crippen LogP contribution in [0.5, 0.6) is 0 Å². The molecule has 3 rings (SSSR count). The number of nitrogens with one attached hydrogen (secondary N) is 2. The molecule has 1 aliphatic heterocycles. The molecular weight excluding hydrogens is 240 g/mol. The Morgan fingerprint density at radius 3 is 2.84 bits per heavy atom. The van der Waals surface area contributed by atoms with Crippen LogP contribution in [-0.4, -0.2) is 15.9 Å². The fraction of sp³-hybridized carbons (Fsp3) is 0.214. The fourth-order valence-electron chi connectivity index (χ4n) is 2.04. The quantitative estimate of drug-likeness (QED) is 0.821. The highest BCUT2D eigenvalue weighted by Crippen LogP contribution is 2.29. The van der Waals surface area contributed by atoms with Crippen molar-refractivity contribution in [2.75, 3.05) is 10.6 Å². The highest BCUT2D eigenvalue weighted by molar-refractivity contribution is 6.11. The van der Waals surface area contributed by atoms with Gasteiger partial charge in [0.25, 0.3) is 5.91 Å². The number of hydrogen-bond acceptors (Lipinski definition) is 4. The molecule has 0 aliphatic carbocycles. The van der Waals surface area contributed by atoms with Gasteiger partial charge in [-0.15, -0.1) is 0 Å². The Hall–Kier alpha value is -2.43. The molecule has 0 saturated heterocycles. The third-order valence-electron chi connectivity index (χ3n) is 3.07. The van der Waals surface area contributed by atoms with E-state index in [1.165, 1.54) is 0 Å². The number of hydrogen-bond donors (Lipinski definition) is 2. The summed E-state index contributed by atoms with van der Waals surface area (Å²) in [7, 11) is 0. The van der Waals surface area contributed by atoms with E-state index in [2.05, 4.69) is 20.6 Å². The molecule has 0 spiro atoms. The summed E-state index contributed by atoms with van der Waals surface area (Å²) >= 11 is 0. The summed E-state index contributed by atoms with van der Waals surface area (Å²) in [6.07, 6.45) is 2.57. The molecule has 0 radical (unpaired) electrons. The van der Waals surface area contributed by atoms with E-state index in [0.717, 1.165) is 17.7 Å². The molecule has 0 aromatic carbocycles. The molecule has 2 aromatic heterocycles. The first kappa shape index (κ1) is 11.6. The summed E-state index contributed by atoms with van der Waals surface area (Å²) in [5, 5.41) is 5.98. The summed E-state index contributed by atoms with van der Waals surface area (Å²) in [6, 6.07) is 5.59. The minimum atomic E-state index is -0.163. The molecular formula is C14H14N4O. The van der Waals surface area contributed by atoms with Crippen LogP contribution in [0.25, 0.3) is 0 Å². The van der Waals surface area contributed by atoms with Gasteiger partial charge in [0.2, 0.25) is 0 Å². The van der Waals surface area contributed by atoms with Crippen molar-refractivity contribution in [1.82, 2.24) is 9.97 Å². The zero-order valence-electron chi connectivity index (χ0n) is 10.8. The molecule has 0 bridgehead atoms. The summed E-state index contributed by atoms with van der Waals surface area (Å²) in [5.41, 5.74) is 3.13. The van der Waals surface area contributed by atoms with Crippen LogP contribution in [0.1, 0.15) is 28.5 Å². The number of rotatable bonds is 1. The van der Waals surface area contributed by atoms with Crippen molar-refractivity contribution in [3.8, 4) is 0 Å². The van der Waals surface area contributed by atoms with Gasteiger partial charge in [-0.3, -0.25) is 4.79 Å². The van der Waals surface area contributed by atoms with Gasteiger partial charge in [0.15, 0.2) is 5.82 Å². The SMILES string of the molecule is CCc1ccc2c(n1)Nc1ncc(C)cc1C(=O)N2. The van der Waals surface area contributed by atoms with E-state index in [1.54, 1.807) is 6.20 Å². The van der Waals surface area contributed by atoms with Crippen LogP contribution < -0.4 is 10.6 Å². The topological polar surface area (TPSA) is 66.9 Å². The number of pyridine rings is 2. The Labute approximate surface area is 111 Å². The summed E-state index contributed by atoms with van der Waals surface area (Å²) in [6.45, 7) is 3.95. The van der Waals surface area contributed by atoms with E-state index in [4.69, 9.17) is 0 Å². The van der Waals surface area contributed by atoms with E-state index in [1.807, 2.05) is 32.0 Å². The second-order valence-corrected chi connectivity index (χ2v) is 4.54. The molecule has 19 heavy (non-hydrogen) atoms. The Morgan fingerprint density at radius 1 is 1.21 bits per heavy atom. The minimum Gasteiger partial charge on any atom is -0.323 e. The molecule has 1 amide bonds. The maximum Gasteiger partial charge on any atom is 0.259 e. The molecule has 0 atom stereocenters. The normalized spacial score (nSPS) is 12.8. The van der Waals surface area contributed by atoms with E-state index in [9.17, 15) is 4.79 Å². The number of aryl methyl sites for hydroxylation is 2. The molecule has 96 valence electrons. The van der Waals surface area contributed by atoms with Gasteiger partial charge in [-0.05, 0) is 37.1 Å². The number of anilines is 3. The maximum absolute atomic E-state index is 12.2. The first-order chi connectivity index (χ1) is 9.17. The third kappa shape index (κ3) is 2.03. The fourth-order valence-corrected chi connectivity index (χ4v) is 2.04. The Kier molecular flexibility index (Phi) is 2.67. The van der Waals surface area contributed by atoms with Crippen molar-refractivity contribution in [3.05, 3.63) is 41.2 Å². The average molecular weight is 254 g/mol. The van der Waals surface area contributed by atoms with Crippen LogP contribution in [0.4, 0.5) is 17.3 Å². The summed E-state index contributed by atoms with van der Waals surface area (Å²) in [4.78, 5) is 20.9. The van der Waals surface area contributed by atoms with Gasteiger partial charge in [0.05, 0.1) is 11.3 Å². The molecule has 0 saturated carbocycles. The van der Waals surface area contributed by atoms with E-state index >= 15 is 0 Å². The van der Waals surface area contributed by atoms with Crippen LogP contribution >= 0.6 is 0 Å². The lowest BCUT2D eigenvalue weighted by molar-refractivity contribution is 0.102. The maximum atomic E-state index is 12.2. The van der Waals surface area contributed by atoms with Crippen LogP contribution in [0.3, 0.4) is 0 Å². The molecule has 0 unspecified atom stereocenters. The summed E-state index contributed by atoms with van der Waals surface area (Å²) < 4.78 is 0. The van der Waals surface area contributed by atoms with Crippen LogP contribution in [-0.2, 0) is 6.42 Å². The monoisotopic (exact) mass is 254 g/mol. The van der Waals surface area contributed by atoms with Gasteiger partial charge >= 0.3 is 0 Å². The number of carbonyl (C=O) groups is 1. The number of carbonyl (C=O) groups excluding carboxylic acids is 1. The standard InChI is InChI=1S/C14H14N4O/c1-3-9-4-5-11-13(16-9)18-12-10(14(19)17-11)6-8(2)7-15-12/h4-7H,3H2,1-2H3,(H,17,19)(H,15,16,18). The van der Waals surface area contributed by atoms with E-state index in [-0.39, 0.29) is 5.91 Å². The Balaban J connectivity index is 2.13. The molecule has 1 aliphatic rings. The number of fused-ring (bicyclic) bond motifs is 2. The number of amides is 1. The highest BCUT2D eigenvalue weighted by atomic mass is 16.1. The number of aromatic nitrogens is 2. The zero-order chi connectivity index (χ0) is 13.4. The van der Waals surface area contributed by atoms with Crippen molar-refractivity contribution in [2.45, 2.75) is 20.3 Å². The lowest BCUT2D eigenvalue weighted by Gasteiger charge is -2.08. The van der Waals surface area contributed by atoms with Crippen molar-refractivity contribution >= 4 is 23.2 Å². The predicted octanol–water partition coefficient (Wildman–Crippen LogP) is 2.66. The third-order valence-corrected chi connectivity index (χ3v) is 3.07. The van der Waals surface area contributed by atoms with Crippen molar-refractivity contribution < 1.29 is 4.79 Å². The van der Waals surface area contributed by atoms with Gasteiger partial charge in [0, 0.05) is 11.9 Å². The largest absolute Gasteiger partial charge is 0.323 e. The zero-order valence-corrected chi connectivity index (χ0v) is 10.8. The first-order valence-electron chi connectivity index (χ1n) is 6.22. The lowest BCUT2D eigenvalue weighted by atomic mass is 10.2. The highest BCUT2D eigenvalue weighted by Gasteiger charge is 2.20. The smallest absolute Gasteiger partial charge is 0.259 e. The molecule has 2 N–H and O–H groups in total. The van der Waals surface area contributed by atoms with Crippen LogP contribution in [0.15, 0.2) is 24.4 Å². The van der Waals surface area contributed by atoms with Crippen molar-refractivity contribution in [3.63, 3.8) is 0 Å². The van der Waals surface area contributed by atoms with Crippen molar-refractivity contribution in [2.24, 2.45) is 0 Å². The van der Waals surface area contributed by atoms with Gasteiger partial charge < -0.3 is 10.6 Å². The molecule has 2 aromatic rings. The number of nitrogens with zero attached hydrogens (tertiary/aromatic N) is 2. The minimum absolute atomic E-state index is 0.163. The van der Waals surface area contributed by atoms with Gasteiger partial charge in [0.1, 0.15) is 5.82 Å². The first-order valence-corrected chi connectivity index (χ1v) is 6.22. The summed E-state index contributed by atoms with van der Waals surface area (Å²) in [5.74, 6) is 1.02. The Bertz CT molecular complexity index is 666. The van der Waals surface area contributed by atoms with Crippen LogP contribution in [0.2, 0.25) is 0 Å². The second kappa shape index (κ2) is 4.35. The van der Waals surface area contributed by atoms with Gasteiger partial charge in [-0.2, -0.15) is 0 Å². The average Bonchev–Trinajstić information content (AvgIpc) is 2.54. The van der Waals surface area contributed by atoms with Crippen molar-refractivity contribution in [1.29, 1.82) is 0 Å². The Morgan fingerprint density at radius 2 is 2.05 bits per heavy atom. The molecule has 5 heteroatoms. The van der Waals surface area contributed by atoms with E-state index in [0.29, 0.717) is 22.9 Å².